The van der Waals surface area contributed by atoms with Crippen LogP contribution in [0.3, 0.4) is 0 Å². The number of aryl methyl sites for hydroxylation is 1. The second kappa shape index (κ2) is 6.06. The Labute approximate surface area is 79.8 Å². The molecule has 0 saturated heterocycles. The van der Waals surface area contributed by atoms with Crippen LogP contribution in [-0.4, -0.2) is 15.8 Å². The molecule has 0 saturated carbocycles. The molecule has 1 heterocycles. The number of nitrogens with zero attached hydrogens (tertiary/aromatic N) is 3. The molecule has 0 unspecified atom stereocenters. The number of aliphatic imine (C=N–C) groups is 1. The first-order chi connectivity index (χ1) is 5.74. The summed E-state index contributed by atoms with van der Waals surface area (Å²) >= 11 is 0. The van der Waals surface area contributed by atoms with Gasteiger partial charge in [0.1, 0.15) is 5.82 Å². The molecule has 3 nitrogen and oxygen atoms in total. The Morgan fingerprint density at radius 1 is 1.64 bits per heavy atom. The molecular formula is C10H15LrN3-2. The Kier molecular flexibility index (Phi) is 6.07. The first kappa shape index (κ1) is 14.0. The molecule has 1 aromatic heterocycles. The van der Waals surface area contributed by atoms with Crippen molar-refractivity contribution in [1.29, 1.82) is 0 Å². The topological polar surface area (TPSA) is 30.2 Å². The number of allylic oxidation sites excluding steroid dienone is 1. The van der Waals surface area contributed by atoms with Crippen molar-refractivity contribution >= 4 is 12.4 Å². The zero-order valence-electron chi connectivity index (χ0n) is 8.62. The molecule has 0 spiro atoms. The fourth-order valence-electron chi connectivity index (χ4n) is 0.903. The summed E-state index contributed by atoms with van der Waals surface area (Å²) in [6.45, 7) is 7.38. The Hall–Kier alpha value is -2.51. The molecule has 0 aliphatic rings. The molecule has 14 heavy (non-hydrogen) atoms. The molecule has 4 heteroatoms. The van der Waals surface area contributed by atoms with Gasteiger partial charge in [-0.15, -0.1) is 6.21 Å². The Morgan fingerprint density at radius 2 is 2.29 bits per heavy atom. The largest absolute Gasteiger partial charge is 0.364 e. The SMILES string of the molecule is [CH2-]C=N/C(C)=C\n1ccnc1C.[CH3-].[Lr]. The molecule has 0 amide bonds. The van der Waals surface area contributed by atoms with E-state index in [1.807, 2.05) is 30.8 Å². The molecule has 0 bridgehead atoms. The van der Waals surface area contributed by atoms with Crippen LogP contribution in [0.1, 0.15) is 12.7 Å². The number of hydrogen-bond acceptors (Lipinski definition) is 2. The average Bonchev–Trinajstić information content (AvgIpc) is 2.37. The maximum atomic E-state index is 4.08. The summed E-state index contributed by atoms with van der Waals surface area (Å²) in [6, 6.07) is 0. The van der Waals surface area contributed by atoms with E-state index < -0.39 is 0 Å². The van der Waals surface area contributed by atoms with Gasteiger partial charge in [0.2, 0.25) is 0 Å². The normalized spacial score (nSPS) is 10.9. The number of rotatable bonds is 2. The maximum Gasteiger partial charge on any atom is 0.109 e. The van der Waals surface area contributed by atoms with Crippen LogP contribution in [-0.2, 0) is 0 Å². The summed E-state index contributed by atoms with van der Waals surface area (Å²) < 4.78 is 1.92. The van der Waals surface area contributed by atoms with Crippen LogP contribution in [0.4, 0.5) is 0 Å². The molecule has 0 aromatic carbocycles. The van der Waals surface area contributed by atoms with Gasteiger partial charge < -0.3 is 18.9 Å². The summed E-state index contributed by atoms with van der Waals surface area (Å²) in [5.41, 5.74) is 0.908. The predicted molar refractivity (Wildman–Crippen MR) is 57.2 cm³/mol. The second-order valence-electron chi connectivity index (χ2n) is 2.46. The minimum atomic E-state index is 0. The van der Waals surface area contributed by atoms with Gasteiger partial charge in [-0.3, -0.25) is 4.99 Å². The summed E-state index contributed by atoms with van der Waals surface area (Å²) in [5, 5.41) is 0. The van der Waals surface area contributed by atoms with Crippen LogP contribution in [0.5, 0.6) is 0 Å². The summed E-state index contributed by atoms with van der Waals surface area (Å²) in [5.74, 6) is 0.952. The van der Waals surface area contributed by atoms with Crippen LogP contribution in [0, 0.1) is 21.3 Å². The van der Waals surface area contributed by atoms with Crippen LogP contribution in [0.25, 0.3) is 6.20 Å². The van der Waals surface area contributed by atoms with Gasteiger partial charge in [0.15, 0.2) is 0 Å². The van der Waals surface area contributed by atoms with Gasteiger partial charge >= 0.3 is 0 Å². The van der Waals surface area contributed by atoms with E-state index >= 15 is 0 Å². The Balaban J connectivity index is 0. The van der Waals surface area contributed by atoms with E-state index in [1.54, 1.807) is 6.20 Å². The fraction of sp³-hybridized carbons (Fsp3) is 0.200. The zero-order chi connectivity index (χ0) is 8.97. The fourth-order valence-corrected chi connectivity index (χ4v) is 0.903. The first-order valence-corrected chi connectivity index (χ1v) is 3.73. The van der Waals surface area contributed by atoms with E-state index in [9.17, 15) is 0 Å². The van der Waals surface area contributed by atoms with Gasteiger partial charge in [0.25, 0.3) is 0 Å². The summed E-state index contributed by atoms with van der Waals surface area (Å²) in [4.78, 5) is 8.10. The van der Waals surface area contributed by atoms with Crippen molar-refractivity contribution in [2.24, 2.45) is 4.99 Å². The molecule has 1 aromatic rings. The van der Waals surface area contributed by atoms with E-state index in [0.29, 0.717) is 0 Å². The third-order valence-corrected chi connectivity index (χ3v) is 1.48. The van der Waals surface area contributed by atoms with E-state index in [0.717, 1.165) is 11.5 Å². The number of aromatic nitrogens is 2. The monoisotopic (exact) mass is 439 g/mol. The van der Waals surface area contributed by atoms with E-state index in [1.165, 1.54) is 6.21 Å². The third-order valence-electron chi connectivity index (χ3n) is 1.48. The zero-order valence-corrected chi connectivity index (χ0v) is 10.8. The van der Waals surface area contributed by atoms with E-state index in [2.05, 4.69) is 16.9 Å². The quantitative estimate of drug-likeness (QED) is 0.514. The minimum absolute atomic E-state index is 0. The first-order valence-electron chi connectivity index (χ1n) is 3.73. The maximum absolute atomic E-state index is 4.08. The Bertz CT molecular complexity index is 313. The standard InChI is InChI=1S/C9H12N3.CH3.Lr/c1-4-10-8(2)7-12-6-5-11-9(12)3;;/h4-7H,1H2,2-3H3;1H3;/q2*-1;/b8-7-,10-4?;;. The van der Waals surface area contributed by atoms with Gasteiger partial charge in [0.05, 0.1) is 5.70 Å². The van der Waals surface area contributed by atoms with Gasteiger partial charge in [-0.25, -0.2) is 4.98 Å². The molecule has 0 aliphatic heterocycles. The van der Waals surface area contributed by atoms with Crippen molar-refractivity contribution in [3.8, 4) is 0 Å². The molecule has 0 fully saturated rings. The van der Waals surface area contributed by atoms with Crippen molar-refractivity contribution in [3.05, 3.63) is 38.3 Å². The van der Waals surface area contributed by atoms with Crippen LogP contribution in [0.2, 0.25) is 0 Å². The second-order valence-corrected chi connectivity index (χ2v) is 2.46. The molecule has 1 radical (unpaired) electrons. The predicted octanol–water partition coefficient (Wildman–Crippen LogP) is 2.37. The van der Waals surface area contributed by atoms with Crippen LogP contribution >= 0.6 is 0 Å². The molecular weight excluding hydrogens is 424 g/mol. The van der Waals surface area contributed by atoms with Crippen molar-refractivity contribution in [2.45, 2.75) is 13.8 Å². The van der Waals surface area contributed by atoms with Gasteiger partial charge in [-0.1, -0.05) is 0 Å². The summed E-state index contributed by atoms with van der Waals surface area (Å²) in [7, 11) is 0. The minimum Gasteiger partial charge on any atom is -0.364 e. The van der Waals surface area contributed by atoms with Crippen molar-refractivity contribution < 1.29 is 0 Å². The number of imidazole rings is 1. The van der Waals surface area contributed by atoms with Crippen LogP contribution < -0.4 is 0 Å². The number of hydrogen-bond donors (Lipinski definition) is 0. The van der Waals surface area contributed by atoms with E-state index in [4.69, 9.17) is 0 Å². The average molecular weight is 439 g/mol. The van der Waals surface area contributed by atoms with Crippen molar-refractivity contribution in [2.75, 3.05) is 0 Å². The van der Waals surface area contributed by atoms with Crippen LogP contribution in [0.15, 0.2) is 23.1 Å². The smallest absolute Gasteiger partial charge is 0.109 e. The van der Waals surface area contributed by atoms with Gasteiger partial charge in [-0.05, 0) is 13.8 Å². The molecule has 0 atom stereocenters. The van der Waals surface area contributed by atoms with Gasteiger partial charge in [0, 0.05) is 18.6 Å². The van der Waals surface area contributed by atoms with Gasteiger partial charge in [-0.2, -0.15) is 0 Å². The van der Waals surface area contributed by atoms with Crippen molar-refractivity contribution in [1.82, 2.24) is 9.55 Å². The molecule has 0 N–H and O–H groups in total. The van der Waals surface area contributed by atoms with Crippen molar-refractivity contribution in [3.63, 3.8) is 0 Å². The van der Waals surface area contributed by atoms with E-state index in [-0.39, 0.29) is 7.43 Å². The Morgan fingerprint density at radius 3 is 2.71 bits per heavy atom. The summed E-state index contributed by atoms with van der Waals surface area (Å²) in [6.07, 6.45) is 7.08. The molecule has 0 aliphatic carbocycles. The molecule has 87 valence electrons. The molecule has 1 rings (SSSR count). The third kappa shape index (κ3) is 3.26.